The lowest BCUT2D eigenvalue weighted by atomic mass is 10.2. The highest BCUT2D eigenvalue weighted by Gasteiger charge is 2.10. The Balaban J connectivity index is 2.15. The number of thiazole rings is 1. The molecule has 1 unspecified atom stereocenters. The number of primary amides is 1. The highest BCUT2D eigenvalue weighted by atomic mass is 35.5. The van der Waals surface area contributed by atoms with Crippen LogP contribution in [0.1, 0.15) is 28.2 Å². The lowest BCUT2D eigenvalue weighted by Crippen LogP contribution is -2.12. The molecule has 0 aliphatic carbocycles. The molecule has 6 heteroatoms. The summed E-state index contributed by atoms with van der Waals surface area (Å²) in [6.07, 6.45) is 1.82. The molecule has 0 bridgehead atoms. The summed E-state index contributed by atoms with van der Waals surface area (Å²) >= 11 is 7.56. The number of hydrogen-bond acceptors (Lipinski definition) is 4. The third-order valence-corrected chi connectivity index (χ3v) is 3.77. The van der Waals surface area contributed by atoms with E-state index >= 15 is 0 Å². The number of halogens is 1. The predicted molar refractivity (Wildman–Crippen MR) is 74.1 cm³/mol. The Hall–Kier alpha value is -1.59. The van der Waals surface area contributed by atoms with Crippen LogP contribution in [-0.2, 0) is 0 Å². The Labute approximate surface area is 114 Å². The van der Waals surface area contributed by atoms with E-state index in [9.17, 15) is 4.79 Å². The van der Waals surface area contributed by atoms with Crippen LogP contribution in [0.25, 0.3) is 0 Å². The van der Waals surface area contributed by atoms with Crippen molar-refractivity contribution in [2.24, 2.45) is 5.73 Å². The van der Waals surface area contributed by atoms with Gasteiger partial charge in [0.15, 0.2) is 0 Å². The third kappa shape index (κ3) is 2.80. The number of nitrogens with zero attached hydrogens (tertiary/aromatic N) is 1. The van der Waals surface area contributed by atoms with Crippen molar-refractivity contribution in [1.29, 1.82) is 0 Å². The van der Waals surface area contributed by atoms with Gasteiger partial charge in [0.05, 0.1) is 22.1 Å². The Bertz CT molecular complexity index is 556. The molecule has 1 amide bonds. The van der Waals surface area contributed by atoms with E-state index in [0.717, 1.165) is 10.6 Å². The first-order valence-corrected chi connectivity index (χ1v) is 6.58. The average Bonchev–Trinajstić information content (AvgIpc) is 2.81. The summed E-state index contributed by atoms with van der Waals surface area (Å²) in [6, 6.07) is 5.22. The molecule has 0 saturated carbocycles. The van der Waals surface area contributed by atoms with Gasteiger partial charge in [-0.25, -0.2) is 0 Å². The van der Waals surface area contributed by atoms with Gasteiger partial charge in [-0.05, 0) is 25.1 Å². The molecule has 2 aromatic rings. The monoisotopic (exact) mass is 281 g/mol. The maximum Gasteiger partial charge on any atom is 0.250 e. The summed E-state index contributed by atoms with van der Waals surface area (Å²) in [7, 11) is 0. The molecular weight excluding hydrogens is 270 g/mol. The number of anilines is 1. The Morgan fingerprint density at radius 3 is 2.89 bits per heavy atom. The van der Waals surface area contributed by atoms with Crippen molar-refractivity contribution >= 4 is 34.5 Å². The molecule has 2 rings (SSSR count). The van der Waals surface area contributed by atoms with E-state index in [0.29, 0.717) is 10.6 Å². The van der Waals surface area contributed by atoms with Crippen LogP contribution in [0.4, 0.5) is 5.69 Å². The predicted octanol–water partition coefficient (Wildman–Crippen LogP) is 3.07. The van der Waals surface area contributed by atoms with Gasteiger partial charge in [-0.15, -0.1) is 11.3 Å². The van der Waals surface area contributed by atoms with Gasteiger partial charge in [-0.3, -0.25) is 9.78 Å². The van der Waals surface area contributed by atoms with E-state index in [1.165, 1.54) is 0 Å². The summed E-state index contributed by atoms with van der Waals surface area (Å²) in [4.78, 5) is 16.2. The van der Waals surface area contributed by atoms with Gasteiger partial charge in [0.25, 0.3) is 0 Å². The maximum absolute atomic E-state index is 11.1. The summed E-state index contributed by atoms with van der Waals surface area (Å²) in [5.74, 6) is -0.526. The van der Waals surface area contributed by atoms with E-state index in [2.05, 4.69) is 10.3 Å². The number of rotatable bonds is 4. The molecule has 0 aliphatic heterocycles. The number of nitrogens with one attached hydrogen (secondary N) is 1. The smallest absolute Gasteiger partial charge is 0.250 e. The summed E-state index contributed by atoms with van der Waals surface area (Å²) in [5, 5.41) is 3.64. The highest BCUT2D eigenvalue weighted by Crippen LogP contribution is 2.25. The SMILES string of the molecule is CC(Nc1ccc(C(N)=O)c(Cl)c1)c1cncs1. The molecular formula is C12H12ClN3OS. The molecule has 1 heterocycles. The van der Waals surface area contributed by atoms with E-state index in [4.69, 9.17) is 17.3 Å². The molecule has 1 aromatic carbocycles. The van der Waals surface area contributed by atoms with E-state index in [1.807, 2.05) is 13.1 Å². The quantitative estimate of drug-likeness (QED) is 0.905. The Kier molecular flexibility index (Phi) is 3.84. The molecule has 3 N–H and O–H groups in total. The van der Waals surface area contributed by atoms with Crippen LogP contribution in [0.3, 0.4) is 0 Å². The first-order valence-electron chi connectivity index (χ1n) is 5.32. The summed E-state index contributed by atoms with van der Waals surface area (Å²) in [5.41, 5.74) is 8.15. The highest BCUT2D eigenvalue weighted by molar-refractivity contribution is 7.09. The van der Waals surface area contributed by atoms with Crippen LogP contribution in [-0.4, -0.2) is 10.9 Å². The lowest BCUT2D eigenvalue weighted by Gasteiger charge is -2.14. The second-order valence-corrected chi connectivity index (χ2v) is 5.15. The van der Waals surface area contributed by atoms with Crippen molar-refractivity contribution in [2.75, 3.05) is 5.32 Å². The summed E-state index contributed by atoms with van der Waals surface area (Å²) < 4.78 is 0. The molecule has 0 fully saturated rings. The minimum Gasteiger partial charge on any atom is -0.378 e. The van der Waals surface area contributed by atoms with Crippen molar-refractivity contribution in [3.8, 4) is 0 Å². The van der Waals surface area contributed by atoms with Gasteiger partial charge < -0.3 is 11.1 Å². The van der Waals surface area contributed by atoms with Crippen LogP contribution in [0.5, 0.6) is 0 Å². The fourth-order valence-electron chi connectivity index (χ4n) is 1.57. The van der Waals surface area contributed by atoms with Gasteiger partial charge in [0.1, 0.15) is 0 Å². The fraction of sp³-hybridized carbons (Fsp3) is 0.167. The number of benzene rings is 1. The van der Waals surface area contributed by atoms with Gasteiger partial charge in [-0.2, -0.15) is 0 Å². The maximum atomic E-state index is 11.1. The first kappa shape index (κ1) is 12.9. The number of hydrogen-bond donors (Lipinski definition) is 2. The van der Waals surface area contributed by atoms with Crippen LogP contribution in [0, 0.1) is 0 Å². The molecule has 4 nitrogen and oxygen atoms in total. The molecule has 0 spiro atoms. The van der Waals surface area contributed by atoms with E-state index in [1.54, 1.807) is 35.0 Å². The number of amides is 1. The Morgan fingerprint density at radius 2 is 2.33 bits per heavy atom. The average molecular weight is 282 g/mol. The molecule has 1 aromatic heterocycles. The minimum absolute atomic E-state index is 0.132. The van der Waals surface area contributed by atoms with Crippen LogP contribution in [0.15, 0.2) is 29.9 Å². The number of aromatic nitrogens is 1. The van der Waals surface area contributed by atoms with Gasteiger partial charge in [0.2, 0.25) is 5.91 Å². The van der Waals surface area contributed by atoms with E-state index in [-0.39, 0.29) is 6.04 Å². The van der Waals surface area contributed by atoms with Gasteiger partial charge in [-0.1, -0.05) is 11.6 Å². The summed E-state index contributed by atoms with van der Waals surface area (Å²) in [6.45, 7) is 2.03. The van der Waals surface area contributed by atoms with Crippen molar-refractivity contribution in [1.82, 2.24) is 4.98 Å². The van der Waals surface area contributed by atoms with Crippen molar-refractivity contribution < 1.29 is 4.79 Å². The molecule has 1 atom stereocenters. The molecule has 94 valence electrons. The van der Waals surface area contributed by atoms with Crippen molar-refractivity contribution in [3.05, 3.63) is 45.4 Å². The molecule has 0 radical (unpaired) electrons. The van der Waals surface area contributed by atoms with Gasteiger partial charge >= 0.3 is 0 Å². The topological polar surface area (TPSA) is 68.0 Å². The largest absolute Gasteiger partial charge is 0.378 e. The zero-order chi connectivity index (χ0) is 13.1. The molecule has 0 aliphatic rings. The second-order valence-electron chi connectivity index (χ2n) is 3.83. The van der Waals surface area contributed by atoms with Gasteiger partial charge in [0, 0.05) is 16.8 Å². The third-order valence-electron chi connectivity index (χ3n) is 2.50. The second kappa shape index (κ2) is 5.37. The van der Waals surface area contributed by atoms with Crippen LogP contribution < -0.4 is 11.1 Å². The normalized spacial score (nSPS) is 12.1. The number of carbonyl (C=O) groups excluding carboxylic acids is 1. The molecule has 0 saturated heterocycles. The Morgan fingerprint density at radius 1 is 1.56 bits per heavy atom. The van der Waals surface area contributed by atoms with Crippen molar-refractivity contribution in [2.45, 2.75) is 13.0 Å². The number of carbonyl (C=O) groups is 1. The standard InChI is InChI=1S/C12H12ClN3OS/c1-7(11-5-15-6-18-11)16-8-2-3-9(12(14)17)10(13)4-8/h2-7,16H,1H3,(H2,14,17). The van der Waals surface area contributed by atoms with E-state index < -0.39 is 5.91 Å². The lowest BCUT2D eigenvalue weighted by molar-refractivity contribution is 0.100. The zero-order valence-electron chi connectivity index (χ0n) is 9.68. The van der Waals surface area contributed by atoms with Crippen LogP contribution in [0.2, 0.25) is 5.02 Å². The zero-order valence-corrected chi connectivity index (χ0v) is 11.3. The number of nitrogens with two attached hydrogens (primary N) is 1. The minimum atomic E-state index is -0.526. The fourth-order valence-corrected chi connectivity index (χ4v) is 2.47. The van der Waals surface area contributed by atoms with Crippen molar-refractivity contribution in [3.63, 3.8) is 0 Å². The van der Waals surface area contributed by atoms with Crippen LogP contribution >= 0.6 is 22.9 Å². The first-order chi connectivity index (χ1) is 8.58. The molecule has 18 heavy (non-hydrogen) atoms.